The van der Waals surface area contributed by atoms with E-state index in [9.17, 15) is 22.8 Å². The van der Waals surface area contributed by atoms with Gasteiger partial charge in [0.15, 0.2) is 0 Å². The van der Waals surface area contributed by atoms with Crippen LogP contribution >= 0.6 is 23.2 Å². The van der Waals surface area contributed by atoms with Crippen molar-refractivity contribution in [3.63, 3.8) is 0 Å². The van der Waals surface area contributed by atoms with Crippen LogP contribution in [0.2, 0.25) is 10.0 Å². The molecule has 7 rings (SSSR count). The van der Waals surface area contributed by atoms with E-state index in [1.807, 2.05) is 42.2 Å². The lowest BCUT2D eigenvalue weighted by molar-refractivity contribution is -0.137. The van der Waals surface area contributed by atoms with Gasteiger partial charge in [0.1, 0.15) is 5.54 Å². The number of likely N-dealkylation sites (tertiary alicyclic amines) is 1. The molecule has 0 saturated carbocycles. The van der Waals surface area contributed by atoms with Gasteiger partial charge in [0.2, 0.25) is 23.8 Å². The van der Waals surface area contributed by atoms with Crippen LogP contribution in [-0.4, -0.2) is 75.5 Å². The maximum Gasteiger partial charge on any atom is 0.416 e. The molecule has 3 aromatic carbocycles. The smallest absolute Gasteiger partial charge is 0.354 e. The van der Waals surface area contributed by atoms with Crippen molar-refractivity contribution in [1.82, 2.24) is 25.2 Å². The number of amides is 2. The highest BCUT2D eigenvalue weighted by Crippen LogP contribution is 2.37. The van der Waals surface area contributed by atoms with E-state index in [-0.39, 0.29) is 29.5 Å². The molecule has 2 amide bonds. The van der Waals surface area contributed by atoms with Crippen LogP contribution in [0.1, 0.15) is 46.0 Å². The molecular weight excluding hydrogens is 704 g/mol. The highest BCUT2D eigenvalue weighted by atomic mass is 35.5. The summed E-state index contributed by atoms with van der Waals surface area (Å²) in [7, 11) is 0. The number of likely N-dealkylation sites (N-methyl/N-ethyl adjacent to an activating group) is 1. The number of fused-ring (bicyclic) bond motifs is 3. The first kappa shape index (κ1) is 34.8. The lowest BCUT2D eigenvalue weighted by Gasteiger charge is -2.35. The largest absolute Gasteiger partial charge is 0.416 e. The first-order chi connectivity index (χ1) is 24.4. The molecule has 2 atom stereocenters. The van der Waals surface area contributed by atoms with Crippen molar-refractivity contribution < 1.29 is 22.8 Å². The zero-order valence-electron chi connectivity index (χ0n) is 27.6. The molecule has 2 bridgehead atoms. The quantitative estimate of drug-likeness (QED) is 0.181. The number of hydrogen-bond donors (Lipinski definition) is 3. The number of benzene rings is 3. The summed E-state index contributed by atoms with van der Waals surface area (Å²) in [5.74, 6) is 0.270. The summed E-state index contributed by atoms with van der Waals surface area (Å²) in [6, 6.07) is 17.5. The molecule has 2 saturated heterocycles. The monoisotopic (exact) mass is 738 g/mol. The summed E-state index contributed by atoms with van der Waals surface area (Å²) in [6.07, 6.45) is -2.46. The molecule has 1 aromatic heterocycles. The Kier molecular flexibility index (Phi) is 9.44. The third kappa shape index (κ3) is 7.14. The normalized spacial score (nSPS) is 18.9. The van der Waals surface area contributed by atoms with Crippen molar-refractivity contribution in [1.29, 1.82) is 0 Å². The van der Waals surface area contributed by atoms with E-state index in [0.29, 0.717) is 73.8 Å². The van der Waals surface area contributed by atoms with Gasteiger partial charge in [-0.2, -0.15) is 28.1 Å². The van der Waals surface area contributed by atoms with Gasteiger partial charge in [-0.15, -0.1) is 0 Å². The van der Waals surface area contributed by atoms with E-state index in [2.05, 4.69) is 16.0 Å². The van der Waals surface area contributed by atoms with Gasteiger partial charge in [0.05, 0.1) is 27.7 Å². The Hall–Kier alpha value is -4.62. The number of anilines is 3. The number of piperazine rings is 1. The van der Waals surface area contributed by atoms with Crippen LogP contribution in [0.25, 0.3) is 0 Å². The maximum absolute atomic E-state index is 13.7. The van der Waals surface area contributed by atoms with E-state index < -0.39 is 23.2 Å². The van der Waals surface area contributed by atoms with Crippen LogP contribution in [0, 0.1) is 0 Å². The van der Waals surface area contributed by atoms with Crippen LogP contribution in [0.15, 0.2) is 66.7 Å². The van der Waals surface area contributed by atoms with Crippen LogP contribution in [0.3, 0.4) is 0 Å². The number of halogens is 5. The average molecular weight is 740 g/mol. The SMILES string of the molecule is CCNC(=O)C1(Nc2nc(NCCc3ccc(Cl)c(Cl)c3)nc(N3C[C@@H]4C[C@H]3CN4C(=O)c3cccc(C(F)(F)F)c3)n2)Cc2ccccc2C1. The van der Waals surface area contributed by atoms with E-state index in [0.717, 1.165) is 28.8 Å². The number of carbonyl (C=O) groups is 2. The summed E-state index contributed by atoms with van der Waals surface area (Å²) < 4.78 is 40.1. The Morgan fingerprint density at radius 1 is 0.902 bits per heavy atom. The predicted octanol–water partition coefficient (Wildman–Crippen LogP) is 6.04. The van der Waals surface area contributed by atoms with Gasteiger partial charge >= 0.3 is 6.18 Å². The van der Waals surface area contributed by atoms with Gasteiger partial charge in [0.25, 0.3) is 5.91 Å². The molecule has 15 heteroatoms. The Morgan fingerprint density at radius 2 is 1.65 bits per heavy atom. The Bertz CT molecular complexity index is 1950. The van der Waals surface area contributed by atoms with Gasteiger partial charge in [-0.3, -0.25) is 9.59 Å². The fourth-order valence-corrected chi connectivity index (χ4v) is 7.58. The molecule has 3 aliphatic rings. The average Bonchev–Trinajstić information content (AvgIpc) is 3.83. The van der Waals surface area contributed by atoms with Gasteiger partial charge in [0, 0.05) is 44.6 Å². The summed E-state index contributed by atoms with van der Waals surface area (Å²) in [4.78, 5) is 45.0. The maximum atomic E-state index is 13.7. The second-order valence-corrected chi connectivity index (χ2v) is 13.9. The molecule has 4 aromatic rings. The van der Waals surface area contributed by atoms with E-state index in [1.165, 1.54) is 12.1 Å². The number of hydrogen-bond acceptors (Lipinski definition) is 8. The summed E-state index contributed by atoms with van der Waals surface area (Å²) in [5, 5.41) is 10.6. The van der Waals surface area contributed by atoms with E-state index in [1.54, 1.807) is 17.0 Å². The molecule has 0 radical (unpaired) electrons. The minimum Gasteiger partial charge on any atom is -0.354 e. The lowest BCUT2D eigenvalue weighted by Crippen LogP contribution is -2.54. The van der Waals surface area contributed by atoms with Crippen LogP contribution in [-0.2, 0) is 30.2 Å². The van der Waals surface area contributed by atoms with Crippen molar-refractivity contribution in [3.8, 4) is 0 Å². The first-order valence-corrected chi connectivity index (χ1v) is 17.5. The van der Waals surface area contributed by atoms with Crippen molar-refractivity contribution >= 4 is 52.9 Å². The second-order valence-electron chi connectivity index (χ2n) is 13.1. The van der Waals surface area contributed by atoms with Gasteiger partial charge in [-0.1, -0.05) is 59.6 Å². The third-order valence-electron chi connectivity index (χ3n) is 9.73. The van der Waals surface area contributed by atoms with Crippen molar-refractivity contribution in [2.75, 3.05) is 41.7 Å². The molecule has 0 spiro atoms. The highest BCUT2D eigenvalue weighted by molar-refractivity contribution is 6.42. The van der Waals surface area contributed by atoms with Crippen LogP contribution in [0.4, 0.5) is 31.0 Å². The number of aromatic nitrogens is 3. The minimum absolute atomic E-state index is 0.00255. The Balaban J connectivity index is 1.15. The molecular formula is C36H35Cl2F3N8O2. The third-order valence-corrected chi connectivity index (χ3v) is 10.5. The topological polar surface area (TPSA) is 115 Å². The first-order valence-electron chi connectivity index (χ1n) is 16.7. The molecule has 2 aliphatic heterocycles. The predicted molar refractivity (Wildman–Crippen MR) is 189 cm³/mol. The summed E-state index contributed by atoms with van der Waals surface area (Å²) in [5.41, 5.74) is 1.19. The fourth-order valence-electron chi connectivity index (χ4n) is 7.26. The van der Waals surface area contributed by atoms with Crippen LogP contribution in [0.5, 0.6) is 0 Å². The summed E-state index contributed by atoms with van der Waals surface area (Å²) >= 11 is 12.3. The fraction of sp³-hybridized carbons (Fsp3) is 0.361. The molecule has 0 unspecified atom stereocenters. The lowest BCUT2D eigenvalue weighted by atomic mass is 9.94. The molecule has 10 nitrogen and oxygen atoms in total. The minimum atomic E-state index is -4.55. The van der Waals surface area contributed by atoms with Gasteiger partial charge in [-0.25, -0.2) is 0 Å². The zero-order valence-corrected chi connectivity index (χ0v) is 29.1. The molecule has 266 valence electrons. The van der Waals surface area contributed by atoms with Gasteiger partial charge < -0.3 is 25.8 Å². The number of alkyl halides is 3. The molecule has 51 heavy (non-hydrogen) atoms. The number of nitrogens with zero attached hydrogens (tertiary/aromatic N) is 5. The molecule has 3 N–H and O–H groups in total. The molecule has 2 fully saturated rings. The number of rotatable bonds is 10. The second kappa shape index (κ2) is 13.8. The van der Waals surface area contributed by atoms with Crippen molar-refractivity contribution in [2.45, 2.75) is 56.4 Å². The number of nitrogens with one attached hydrogen (secondary N) is 3. The standard InChI is InChI=1S/C36H35Cl2F3N8O2/c1-2-42-31(51)35(17-23-6-3-4-7-24(23)18-35)47-33-44-32(43-13-12-21-10-11-28(37)29(38)14-21)45-34(46-33)49-20-26-16-27(49)19-48(26)30(50)22-8-5-9-25(15-22)36(39,40)41/h3-11,14-15,26-27H,2,12-13,16-20H2,1H3,(H,42,51)(H2,43,44,45,46,47)/t26-,27-/m0/s1. The van der Waals surface area contributed by atoms with Crippen molar-refractivity contribution in [2.24, 2.45) is 0 Å². The summed E-state index contributed by atoms with van der Waals surface area (Å²) in [6.45, 7) is 3.46. The van der Waals surface area contributed by atoms with Gasteiger partial charge in [-0.05, 0) is 66.8 Å². The number of carbonyl (C=O) groups excluding carboxylic acids is 2. The molecule has 1 aliphatic carbocycles. The molecule has 3 heterocycles. The highest BCUT2D eigenvalue weighted by Gasteiger charge is 2.48. The Morgan fingerprint density at radius 3 is 2.31 bits per heavy atom. The van der Waals surface area contributed by atoms with E-state index >= 15 is 0 Å². The van der Waals surface area contributed by atoms with Crippen LogP contribution < -0.4 is 20.9 Å². The van der Waals surface area contributed by atoms with Crippen molar-refractivity contribution in [3.05, 3.63) is 105 Å². The Labute approximate surface area is 302 Å². The van der Waals surface area contributed by atoms with E-state index in [4.69, 9.17) is 38.2 Å². The zero-order chi connectivity index (χ0) is 35.9.